The van der Waals surface area contributed by atoms with Crippen molar-refractivity contribution in [3.8, 4) is 0 Å². The summed E-state index contributed by atoms with van der Waals surface area (Å²) in [7, 11) is 1.69. The van der Waals surface area contributed by atoms with Gasteiger partial charge in [0.1, 0.15) is 11.6 Å². The molecule has 0 saturated heterocycles. The molecule has 0 aromatic carbocycles. The fraction of sp³-hybridized carbons (Fsp3) is 0.462. The Hall–Kier alpha value is -1.51. The minimum atomic E-state index is 0.646. The highest BCUT2D eigenvalue weighted by Crippen LogP contribution is 2.48. The van der Waals surface area contributed by atoms with Crippen molar-refractivity contribution in [3.05, 3.63) is 35.9 Å². The van der Waals surface area contributed by atoms with E-state index in [0.717, 1.165) is 23.1 Å². The molecule has 2 atom stereocenters. The molecule has 1 heterocycles. The van der Waals surface area contributed by atoms with E-state index in [1.165, 1.54) is 12.0 Å². The second-order valence-electron chi connectivity index (χ2n) is 4.37. The van der Waals surface area contributed by atoms with Gasteiger partial charge in [-0.05, 0) is 37.0 Å². The molecular formula is C13H18N2O. The van der Waals surface area contributed by atoms with E-state index in [-0.39, 0.29) is 0 Å². The van der Waals surface area contributed by atoms with Crippen LogP contribution in [-0.4, -0.2) is 12.9 Å². The first kappa shape index (κ1) is 11.0. The fourth-order valence-corrected chi connectivity index (χ4v) is 2.11. The maximum atomic E-state index is 5.34. The van der Waals surface area contributed by atoms with Gasteiger partial charge in [-0.2, -0.15) is 0 Å². The van der Waals surface area contributed by atoms with E-state index in [0.29, 0.717) is 5.92 Å². The summed E-state index contributed by atoms with van der Waals surface area (Å²) in [6.07, 6.45) is 4.86. The van der Waals surface area contributed by atoms with Crippen LogP contribution in [0.3, 0.4) is 0 Å². The largest absolute Gasteiger partial charge is 0.501 e. The average molecular weight is 218 g/mol. The second kappa shape index (κ2) is 4.16. The Morgan fingerprint density at radius 2 is 2.38 bits per heavy atom. The molecule has 1 fully saturated rings. The fourth-order valence-electron chi connectivity index (χ4n) is 2.11. The molecule has 2 aliphatic rings. The highest BCUT2D eigenvalue weighted by molar-refractivity contribution is 6.05. The molecule has 3 nitrogen and oxygen atoms in total. The van der Waals surface area contributed by atoms with E-state index in [4.69, 9.17) is 4.74 Å². The number of ether oxygens (including phenoxy) is 1. The van der Waals surface area contributed by atoms with Crippen molar-refractivity contribution < 1.29 is 4.74 Å². The summed E-state index contributed by atoms with van der Waals surface area (Å²) in [4.78, 5) is 4.39. The average Bonchev–Trinajstić information content (AvgIpc) is 2.85. The summed E-state index contributed by atoms with van der Waals surface area (Å²) < 4.78 is 5.34. The molecule has 1 saturated carbocycles. The predicted octanol–water partition coefficient (Wildman–Crippen LogP) is 2.59. The predicted molar refractivity (Wildman–Crippen MR) is 65.8 cm³/mol. The highest BCUT2D eigenvalue weighted by Gasteiger charge is 2.40. The standard InChI is InChI=1S/C13H18N2O/c1-5-14-13-12(9(3)16-4)11(7-15-13)10-6-8(10)2/h5,7-8,10H,1,6H2,2-4H3,(H,14,15)/b12-9+. The van der Waals surface area contributed by atoms with Gasteiger partial charge in [-0.15, -0.1) is 0 Å². The van der Waals surface area contributed by atoms with Gasteiger partial charge in [-0.1, -0.05) is 13.5 Å². The Balaban J connectivity index is 2.27. The third-order valence-electron chi connectivity index (χ3n) is 3.26. The molecule has 1 aliphatic heterocycles. The van der Waals surface area contributed by atoms with E-state index in [1.54, 1.807) is 13.3 Å². The number of nitrogens with zero attached hydrogens (tertiary/aromatic N) is 1. The Morgan fingerprint density at radius 3 is 2.88 bits per heavy atom. The van der Waals surface area contributed by atoms with Crippen LogP contribution < -0.4 is 5.32 Å². The molecule has 0 aromatic rings. The Kier molecular flexibility index (Phi) is 2.86. The number of amidine groups is 1. The number of rotatable bonds is 3. The molecule has 0 spiro atoms. The van der Waals surface area contributed by atoms with E-state index < -0.39 is 0 Å². The van der Waals surface area contributed by atoms with Crippen LogP contribution in [-0.2, 0) is 4.74 Å². The summed E-state index contributed by atoms with van der Waals surface area (Å²) in [5, 5.41) is 3.06. The lowest BCUT2D eigenvalue weighted by atomic mass is 10.0. The zero-order valence-corrected chi connectivity index (χ0v) is 10.1. The van der Waals surface area contributed by atoms with E-state index >= 15 is 0 Å². The summed E-state index contributed by atoms with van der Waals surface area (Å²) in [5.41, 5.74) is 2.41. The molecule has 0 aromatic heterocycles. The molecule has 1 N–H and O–H groups in total. The van der Waals surface area contributed by atoms with Gasteiger partial charge in [0.2, 0.25) is 0 Å². The van der Waals surface area contributed by atoms with Gasteiger partial charge in [-0.3, -0.25) is 0 Å². The summed E-state index contributed by atoms with van der Waals surface area (Å²) in [5.74, 6) is 3.18. The number of allylic oxidation sites excluding steroid dienone is 1. The monoisotopic (exact) mass is 218 g/mol. The van der Waals surface area contributed by atoms with E-state index in [1.807, 2.05) is 13.1 Å². The van der Waals surface area contributed by atoms with Gasteiger partial charge >= 0.3 is 0 Å². The number of hydrogen-bond donors (Lipinski definition) is 1. The molecule has 1 aliphatic carbocycles. The molecule has 3 heteroatoms. The summed E-state index contributed by atoms with van der Waals surface area (Å²) >= 11 is 0. The van der Waals surface area contributed by atoms with Crippen LogP contribution in [0.1, 0.15) is 20.3 Å². The third kappa shape index (κ3) is 1.77. The minimum Gasteiger partial charge on any atom is -0.501 e. The molecule has 0 radical (unpaired) electrons. The number of aliphatic imine (C=N–C) groups is 1. The number of hydrogen-bond acceptors (Lipinski definition) is 3. The minimum absolute atomic E-state index is 0.646. The lowest BCUT2D eigenvalue weighted by Gasteiger charge is -2.11. The smallest absolute Gasteiger partial charge is 0.140 e. The topological polar surface area (TPSA) is 33.6 Å². The first-order chi connectivity index (χ1) is 7.69. The zero-order chi connectivity index (χ0) is 11.7. The van der Waals surface area contributed by atoms with Gasteiger partial charge in [-0.25, -0.2) is 4.99 Å². The number of methoxy groups -OCH3 is 1. The number of nitrogens with one attached hydrogen (secondary N) is 1. The molecule has 0 amide bonds. The summed E-state index contributed by atoms with van der Waals surface area (Å²) in [6.45, 7) is 7.91. The van der Waals surface area contributed by atoms with Gasteiger partial charge in [0, 0.05) is 6.20 Å². The molecule has 16 heavy (non-hydrogen) atoms. The van der Waals surface area contributed by atoms with Crippen LogP contribution in [0.4, 0.5) is 0 Å². The van der Waals surface area contributed by atoms with Crippen molar-refractivity contribution in [3.63, 3.8) is 0 Å². The maximum absolute atomic E-state index is 5.34. The highest BCUT2D eigenvalue weighted by atomic mass is 16.5. The van der Waals surface area contributed by atoms with Crippen LogP contribution in [0.2, 0.25) is 0 Å². The second-order valence-corrected chi connectivity index (χ2v) is 4.37. The normalized spacial score (nSPS) is 30.4. The molecular weight excluding hydrogens is 200 g/mol. The van der Waals surface area contributed by atoms with Crippen molar-refractivity contribution >= 4 is 5.84 Å². The van der Waals surface area contributed by atoms with Gasteiger partial charge in [0.05, 0.1) is 12.7 Å². The molecule has 2 rings (SSSR count). The van der Waals surface area contributed by atoms with Gasteiger partial charge in [0.15, 0.2) is 0 Å². The van der Waals surface area contributed by atoms with Crippen molar-refractivity contribution in [1.29, 1.82) is 0 Å². The Bertz CT molecular complexity index is 404. The molecule has 86 valence electrons. The lowest BCUT2D eigenvalue weighted by Crippen LogP contribution is -2.19. The van der Waals surface area contributed by atoms with Crippen LogP contribution in [0.15, 0.2) is 40.9 Å². The van der Waals surface area contributed by atoms with Crippen molar-refractivity contribution in [1.82, 2.24) is 5.32 Å². The first-order valence-corrected chi connectivity index (χ1v) is 5.60. The van der Waals surface area contributed by atoms with Crippen molar-refractivity contribution in [2.45, 2.75) is 20.3 Å². The summed E-state index contributed by atoms with van der Waals surface area (Å²) in [6, 6.07) is 0. The zero-order valence-electron chi connectivity index (χ0n) is 10.1. The van der Waals surface area contributed by atoms with Crippen LogP contribution >= 0.6 is 0 Å². The SMILES string of the molecule is C=CNC1=NC=C(C2CC2C)/C1=C(/C)OC. The first-order valence-electron chi connectivity index (χ1n) is 5.60. The lowest BCUT2D eigenvalue weighted by molar-refractivity contribution is 0.291. The van der Waals surface area contributed by atoms with E-state index in [9.17, 15) is 0 Å². The molecule has 0 bridgehead atoms. The van der Waals surface area contributed by atoms with Gasteiger partial charge in [0.25, 0.3) is 0 Å². The maximum Gasteiger partial charge on any atom is 0.140 e. The quantitative estimate of drug-likeness (QED) is 0.739. The molecule has 2 unspecified atom stereocenters. The van der Waals surface area contributed by atoms with Crippen LogP contribution in [0.25, 0.3) is 0 Å². The van der Waals surface area contributed by atoms with E-state index in [2.05, 4.69) is 23.8 Å². The Labute approximate surface area is 96.6 Å². The van der Waals surface area contributed by atoms with Crippen molar-refractivity contribution in [2.24, 2.45) is 16.8 Å². The van der Waals surface area contributed by atoms with Gasteiger partial charge < -0.3 is 10.1 Å². The van der Waals surface area contributed by atoms with Crippen LogP contribution in [0, 0.1) is 11.8 Å². The van der Waals surface area contributed by atoms with Crippen molar-refractivity contribution in [2.75, 3.05) is 7.11 Å². The Morgan fingerprint density at radius 1 is 1.69 bits per heavy atom. The van der Waals surface area contributed by atoms with Crippen LogP contribution in [0.5, 0.6) is 0 Å². The third-order valence-corrected chi connectivity index (χ3v) is 3.26.